The van der Waals surface area contributed by atoms with Gasteiger partial charge < -0.3 is 4.90 Å². The lowest BCUT2D eigenvalue weighted by Crippen LogP contribution is -2.37. The highest BCUT2D eigenvalue weighted by Crippen LogP contribution is 2.27. The smallest absolute Gasteiger partial charge is 0.254 e. The summed E-state index contributed by atoms with van der Waals surface area (Å²) in [5, 5.41) is 0. The highest BCUT2D eigenvalue weighted by molar-refractivity contribution is 7.98. The molecule has 0 spiro atoms. The molecular weight excluding hydrogens is 206 g/mol. The van der Waals surface area contributed by atoms with Crippen molar-refractivity contribution in [1.82, 2.24) is 4.90 Å². The summed E-state index contributed by atoms with van der Waals surface area (Å²) in [4.78, 5) is 15.2. The van der Waals surface area contributed by atoms with Crippen molar-refractivity contribution in [3.05, 3.63) is 29.3 Å². The first kappa shape index (κ1) is 10.6. The Labute approximate surface area is 94.7 Å². The molecule has 0 atom stereocenters. The number of amides is 1. The van der Waals surface area contributed by atoms with E-state index in [1.807, 2.05) is 24.0 Å². The Kier molecular flexibility index (Phi) is 3.00. The van der Waals surface area contributed by atoms with Gasteiger partial charge in [-0.3, -0.25) is 4.79 Å². The van der Waals surface area contributed by atoms with Crippen molar-refractivity contribution < 1.29 is 4.79 Å². The van der Waals surface area contributed by atoms with E-state index < -0.39 is 0 Å². The largest absolute Gasteiger partial charge is 0.339 e. The molecule has 0 aliphatic carbocycles. The van der Waals surface area contributed by atoms with Crippen LogP contribution in [0.4, 0.5) is 0 Å². The average Bonchev–Trinajstić information content (AvgIpc) is 2.29. The minimum absolute atomic E-state index is 0.189. The number of nitrogens with zero attached hydrogens (tertiary/aromatic N) is 1. The third-order valence-corrected chi connectivity index (χ3v) is 3.71. The van der Waals surface area contributed by atoms with E-state index in [0.29, 0.717) is 0 Å². The second kappa shape index (κ2) is 4.27. The van der Waals surface area contributed by atoms with E-state index in [2.05, 4.69) is 12.3 Å². The predicted octanol–water partition coefficient (Wildman–Crippen LogP) is 2.43. The molecular formula is C12H15NOS. The minimum Gasteiger partial charge on any atom is -0.339 e. The summed E-state index contributed by atoms with van der Waals surface area (Å²) in [6.45, 7) is 3.70. The number of hydrogen-bond acceptors (Lipinski definition) is 2. The van der Waals surface area contributed by atoms with Crippen molar-refractivity contribution >= 4 is 17.7 Å². The van der Waals surface area contributed by atoms with Crippen LogP contribution in [-0.4, -0.2) is 30.2 Å². The normalized spacial score (nSPS) is 15.3. The van der Waals surface area contributed by atoms with Gasteiger partial charge in [-0.2, -0.15) is 0 Å². The van der Waals surface area contributed by atoms with E-state index in [1.54, 1.807) is 11.8 Å². The van der Waals surface area contributed by atoms with Gasteiger partial charge >= 0.3 is 0 Å². The lowest BCUT2D eigenvalue weighted by molar-refractivity contribution is 0.0748. The van der Waals surface area contributed by atoms with Gasteiger partial charge in [0.1, 0.15) is 0 Å². The van der Waals surface area contributed by atoms with Gasteiger partial charge in [0.05, 0.1) is 0 Å². The average molecular weight is 221 g/mol. The van der Waals surface area contributed by atoms with Gasteiger partial charge in [-0.15, -0.1) is 11.8 Å². The Hall–Kier alpha value is -0.960. The summed E-state index contributed by atoms with van der Waals surface area (Å²) < 4.78 is 0. The van der Waals surface area contributed by atoms with Crippen LogP contribution in [-0.2, 0) is 6.42 Å². The molecule has 2 nitrogen and oxygen atoms in total. The molecule has 15 heavy (non-hydrogen) atoms. The summed E-state index contributed by atoms with van der Waals surface area (Å²) in [6, 6.07) is 6.01. The van der Waals surface area contributed by atoms with Crippen LogP contribution in [0, 0.1) is 0 Å². The molecule has 0 fully saturated rings. The fourth-order valence-corrected chi connectivity index (χ4v) is 2.71. The highest BCUT2D eigenvalue weighted by Gasteiger charge is 2.24. The molecule has 3 heteroatoms. The van der Waals surface area contributed by atoms with Crippen LogP contribution in [0.1, 0.15) is 22.8 Å². The molecule has 0 bridgehead atoms. The van der Waals surface area contributed by atoms with E-state index in [-0.39, 0.29) is 5.91 Å². The number of likely N-dealkylation sites (N-methyl/N-ethyl adjacent to an activating group) is 1. The topological polar surface area (TPSA) is 20.3 Å². The fourth-order valence-electron chi connectivity index (χ4n) is 2.04. The van der Waals surface area contributed by atoms with Crippen LogP contribution in [0.15, 0.2) is 23.1 Å². The third kappa shape index (κ3) is 1.76. The number of carbonyl (C=O) groups is 1. The second-order valence-electron chi connectivity index (χ2n) is 3.62. The molecule has 1 aromatic carbocycles. The van der Waals surface area contributed by atoms with E-state index in [0.717, 1.165) is 25.1 Å². The fraction of sp³-hybridized carbons (Fsp3) is 0.417. The molecule has 1 aliphatic heterocycles. The lowest BCUT2D eigenvalue weighted by Gasteiger charge is -2.28. The number of benzene rings is 1. The maximum absolute atomic E-state index is 12.0. The second-order valence-corrected chi connectivity index (χ2v) is 4.47. The van der Waals surface area contributed by atoms with Crippen molar-refractivity contribution in [3.8, 4) is 0 Å². The molecule has 2 rings (SSSR count). The zero-order valence-corrected chi connectivity index (χ0v) is 9.93. The van der Waals surface area contributed by atoms with Crippen molar-refractivity contribution in [2.75, 3.05) is 19.3 Å². The first-order valence-electron chi connectivity index (χ1n) is 5.23. The zero-order chi connectivity index (χ0) is 10.8. The summed E-state index contributed by atoms with van der Waals surface area (Å²) >= 11 is 1.72. The first-order valence-corrected chi connectivity index (χ1v) is 6.45. The van der Waals surface area contributed by atoms with Gasteiger partial charge in [-0.05, 0) is 37.3 Å². The van der Waals surface area contributed by atoms with E-state index in [1.165, 1.54) is 10.5 Å². The summed E-state index contributed by atoms with van der Waals surface area (Å²) in [6.07, 6.45) is 3.05. The summed E-state index contributed by atoms with van der Waals surface area (Å²) in [5.41, 5.74) is 2.13. The maximum atomic E-state index is 12.0. The van der Waals surface area contributed by atoms with Gasteiger partial charge in [0.25, 0.3) is 5.91 Å². The maximum Gasteiger partial charge on any atom is 0.254 e. The molecule has 0 saturated carbocycles. The Morgan fingerprint density at radius 1 is 1.47 bits per heavy atom. The number of fused-ring (bicyclic) bond motifs is 1. The van der Waals surface area contributed by atoms with E-state index in [4.69, 9.17) is 0 Å². The molecule has 80 valence electrons. The number of hydrogen-bond donors (Lipinski definition) is 0. The molecule has 1 aromatic rings. The molecule has 0 N–H and O–H groups in total. The van der Waals surface area contributed by atoms with Crippen molar-refractivity contribution in [1.29, 1.82) is 0 Å². The Morgan fingerprint density at radius 2 is 2.27 bits per heavy atom. The molecule has 0 unspecified atom stereocenters. The van der Waals surface area contributed by atoms with E-state index >= 15 is 0 Å². The van der Waals surface area contributed by atoms with Gasteiger partial charge in [0, 0.05) is 23.5 Å². The quantitative estimate of drug-likeness (QED) is 0.715. The highest BCUT2D eigenvalue weighted by atomic mass is 32.2. The van der Waals surface area contributed by atoms with Gasteiger partial charge in [0.15, 0.2) is 0 Å². The number of carbonyl (C=O) groups excluding carboxylic acids is 1. The van der Waals surface area contributed by atoms with Crippen molar-refractivity contribution in [2.24, 2.45) is 0 Å². The Balaban J connectivity index is 2.45. The van der Waals surface area contributed by atoms with Gasteiger partial charge in [-0.25, -0.2) is 0 Å². The number of thioether (sulfide) groups is 1. The predicted molar refractivity (Wildman–Crippen MR) is 63.5 cm³/mol. The van der Waals surface area contributed by atoms with Crippen LogP contribution in [0.5, 0.6) is 0 Å². The number of rotatable bonds is 2. The molecule has 0 radical (unpaired) electrons. The SMILES string of the molecule is CCN1CCc2c(SC)cccc2C1=O. The molecule has 1 heterocycles. The van der Waals surface area contributed by atoms with Gasteiger partial charge in [0.2, 0.25) is 0 Å². The van der Waals surface area contributed by atoms with Crippen LogP contribution in [0.25, 0.3) is 0 Å². The lowest BCUT2D eigenvalue weighted by atomic mass is 9.99. The van der Waals surface area contributed by atoms with Gasteiger partial charge in [-0.1, -0.05) is 6.07 Å². The molecule has 1 aliphatic rings. The minimum atomic E-state index is 0.189. The summed E-state index contributed by atoms with van der Waals surface area (Å²) in [7, 11) is 0. The van der Waals surface area contributed by atoms with Crippen LogP contribution >= 0.6 is 11.8 Å². The van der Waals surface area contributed by atoms with Crippen LogP contribution in [0.3, 0.4) is 0 Å². The summed E-state index contributed by atoms with van der Waals surface area (Å²) in [5.74, 6) is 0.189. The molecule has 0 aromatic heterocycles. The standard InChI is InChI=1S/C12H15NOS/c1-3-13-8-7-9-10(12(13)14)5-4-6-11(9)15-2/h4-6H,3,7-8H2,1-2H3. The first-order chi connectivity index (χ1) is 7.27. The molecule has 0 saturated heterocycles. The van der Waals surface area contributed by atoms with Crippen LogP contribution in [0.2, 0.25) is 0 Å². The Bertz CT molecular complexity index is 389. The monoisotopic (exact) mass is 221 g/mol. The van der Waals surface area contributed by atoms with E-state index in [9.17, 15) is 4.79 Å². The van der Waals surface area contributed by atoms with Crippen molar-refractivity contribution in [2.45, 2.75) is 18.2 Å². The van der Waals surface area contributed by atoms with Crippen molar-refractivity contribution in [3.63, 3.8) is 0 Å². The molecule has 1 amide bonds. The Morgan fingerprint density at radius 3 is 2.93 bits per heavy atom. The third-order valence-electron chi connectivity index (χ3n) is 2.88. The zero-order valence-electron chi connectivity index (χ0n) is 9.12. The van der Waals surface area contributed by atoms with Crippen LogP contribution < -0.4 is 0 Å².